The number of nitrogen functional groups attached to an aromatic ring is 1. The van der Waals surface area contributed by atoms with E-state index in [4.69, 9.17) is 10.3 Å². The van der Waals surface area contributed by atoms with Gasteiger partial charge in [0.15, 0.2) is 5.82 Å². The molecule has 4 nitrogen and oxygen atoms in total. The van der Waals surface area contributed by atoms with Crippen LogP contribution in [0.3, 0.4) is 0 Å². The molecule has 0 radical (unpaired) electrons. The fourth-order valence-electron chi connectivity index (χ4n) is 1.26. The lowest BCUT2D eigenvalue weighted by Crippen LogP contribution is -1.87. The highest BCUT2D eigenvalue weighted by Gasteiger charge is 2.11. The summed E-state index contributed by atoms with van der Waals surface area (Å²) in [5, 5.41) is 3.88. The first kappa shape index (κ1) is 11.5. The molecule has 0 aliphatic carbocycles. The summed E-state index contributed by atoms with van der Waals surface area (Å²) in [7, 11) is 0. The third kappa shape index (κ3) is 2.38. The third-order valence-corrected chi connectivity index (χ3v) is 3.20. The molecule has 0 aliphatic heterocycles. The Bertz CT molecular complexity index is 501. The number of nitrogens with zero attached hydrogens (tertiary/aromatic N) is 2. The molecule has 0 saturated carbocycles. The minimum Gasteiger partial charge on any atom is -0.399 e. The molecule has 0 unspecified atom stereocenters. The SMILES string of the molecule is CSCc1noc(-c2cc(N)ccc2Br)n1. The Kier molecular flexibility index (Phi) is 3.50. The van der Waals surface area contributed by atoms with Gasteiger partial charge in [0, 0.05) is 10.2 Å². The summed E-state index contributed by atoms with van der Waals surface area (Å²) in [6.45, 7) is 0. The maximum absolute atomic E-state index is 5.72. The smallest absolute Gasteiger partial charge is 0.259 e. The molecule has 0 bridgehead atoms. The first-order valence-corrected chi connectivity index (χ1v) is 6.76. The van der Waals surface area contributed by atoms with Crippen LogP contribution < -0.4 is 5.73 Å². The van der Waals surface area contributed by atoms with E-state index in [1.807, 2.05) is 18.4 Å². The molecular weight excluding hydrogens is 290 g/mol. The molecule has 2 N–H and O–H groups in total. The van der Waals surface area contributed by atoms with Gasteiger partial charge >= 0.3 is 0 Å². The van der Waals surface area contributed by atoms with Crippen LogP contribution >= 0.6 is 27.7 Å². The quantitative estimate of drug-likeness (QED) is 0.883. The molecule has 1 aromatic heterocycles. The van der Waals surface area contributed by atoms with E-state index in [0.717, 1.165) is 15.8 Å². The predicted molar refractivity (Wildman–Crippen MR) is 69.1 cm³/mol. The molecule has 1 aromatic carbocycles. The van der Waals surface area contributed by atoms with Gasteiger partial charge in [-0.05, 0) is 40.4 Å². The number of halogens is 1. The summed E-state index contributed by atoms with van der Waals surface area (Å²) in [4.78, 5) is 4.29. The molecule has 0 saturated heterocycles. The average molecular weight is 300 g/mol. The van der Waals surface area contributed by atoms with E-state index in [0.29, 0.717) is 17.4 Å². The molecule has 6 heteroatoms. The zero-order valence-corrected chi connectivity index (χ0v) is 11.0. The standard InChI is InChI=1S/C10H10BrN3OS/c1-16-5-9-13-10(15-14-9)7-4-6(12)2-3-8(7)11/h2-4H,5,12H2,1H3. The second-order valence-electron chi connectivity index (χ2n) is 3.19. The van der Waals surface area contributed by atoms with E-state index in [1.54, 1.807) is 17.8 Å². The van der Waals surface area contributed by atoms with Crippen molar-refractivity contribution in [2.45, 2.75) is 5.75 Å². The fraction of sp³-hybridized carbons (Fsp3) is 0.200. The number of thioether (sulfide) groups is 1. The van der Waals surface area contributed by atoms with E-state index in [9.17, 15) is 0 Å². The summed E-state index contributed by atoms with van der Waals surface area (Å²) < 4.78 is 6.07. The van der Waals surface area contributed by atoms with E-state index < -0.39 is 0 Å². The van der Waals surface area contributed by atoms with Crippen LogP contribution in [-0.2, 0) is 5.75 Å². The van der Waals surface area contributed by atoms with Crippen molar-refractivity contribution < 1.29 is 4.52 Å². The zero-order valence-electron chi connectivity index (χ0n) is 8.61. The Morgan fingerprint density at radius 1 is 1.50 bits per heavy atom. The number of anilines is 1. The van der Waals surface area contributed by atoms with Crippen LogP contribution in [0.2, 0.25) is 0 Å². The van der Waals surface area contributed by atoms with E-state index >= 15 is 0 Å². The number of benzene rings is 1. The predicted octanol–water partition coefficient (Wildman–Crippen LogP) is 2.94. The number of hydrogen-bond acceptors (Lipinski definition) is 5. The van der Waals surface area contributed by atoms with Gasteiger partial charge in [-0.25, -0.2) is 0 Å². The highest BCUT2D eigenvalue weighted by molar-refractivity contribution is 9.10. The van der Waals surface area contributed by atoms with Gasteiger partial charge in [0.25, 0.3) is 5.89 Å². The Morgan fingerprint density at radius 2 is 2.31 bits per heavy atom. The van der Waals surface area contributed by atoms with Gasteiger partial charge in [-0.3, -0.25) is 0 Å². The van der Waals surface area contributed by atoms with Crippen LogP contribution in [0, 0.1) is 0 Å². The Balaban J connectivity index is 2.38. The summed E-state index contributed by atoms with van der Waals surface area (Å²) in [5.41, 5.74) is 7.20. The van der Waals surface area contributed by atoms with Crippen LogP contribution in [0.4, 0.5) is 5.69 Å². The fourth-order valence-corrected chi connectivity index (χ4v) is 2.05. The second-order valence-corrected chi connectivity index (χ2v) is 4.91. The first-order valence-electron chi connectivity index (χ1n) is 4.57. The Hall–Kier alpha value is -1.01. The molecule has 0 aliphatic rings. The lowest BCUT2D eigenvalue weighted by atomic mass is 10.2. The summed E-state index contributed by atoms with van der Waals surface area (Å²) in [6.07, 6.45) is 1.99. The Labute approximate surface area is 106 Å². The molecular formula is C10H10BrN3OS. The van der Waals surface area contributed by atoms with Crippen molar-refractivity contribution >= 4 is 33.4 Å². The highest BCUT2D eigenvalue weighted by Crippen LogP contribution is 2.29. The lowest BCUT2D eigenvalue weighted by molar-refractivity contribution is 0.425. The molecule has 1 heterocycles. The van der Waals surface area contributed by atoms with Crippen LogP contribution in [-0.4, -0.2) is 16.4 Å². The normalized spacial score (nSPS) is 10.6. The van der Waals surface area contributed by atoms with Crippen molar-refractivity contribution in [2.24, 2.45) is 0 Å². The van der Waals surface area contributed by atoms with Crippen LogP contribution in [0.25, 0.3) is 11.5 Å². The maximum Gasteiger partial charge on any atom is 0.259 e. The van der Waals surface area contributed by atoms with Gasteiger partial charge in [-0.2, -0.15) is 16.7 Å². The number of rotatable bonds is 3. The minimum absolute atomic E-state index is 0.489. The number of aromatic nitrogens is 2. The highest BCUT2D eigenvalue weighted by atomic mass is 79.9. The van der Waals surface area contributed by atoms with Gasteiger partial charge in [0.2, 0.25) is 0 Å². The maximum atomic E-state index is 5.72. The van der Waals surface area contributed by atoms with Gasteiger partial charge in [0.1, 0.15) is 0 Å². The molecule has 0 fully saturated rings. The monoisotopic (exact) mass is 299 g/mol. The Morgan fingerprint density at radius 3 is 3.06 bits per heavy atom. The third-order valence-electron chi connectivity index (χ3n) is 1.96. The first-order chi connectivity index (χ1) is 7.70. The molecule has 2 aromatic rings. The van der Waals surface area contributed by atoms with Crippen LogP contribution in [0.5, 0.6) is 0 Å². The second kappa shape index (κ2) is 4.88. The van der Waals surface area contributed by atoms with Crippen molar-refractivity contribution in [3.63, 3.8) is 0 Å². The molecule has 0 spiro atoms. The largest absolute Gasteiger partial charge is 0.399 e. The number of nitrogens with two attached hydrogens (primary N) is 1. The minimum atomic E-state index is 0.489. The molecule has 0 amide bonds. The van der Waals surface area contributed by atoms with E-state index in [-0.39, 0.29) is 0 Å². The van der Waals surface area contributed by atoms with Gasteiger partial charge in [0.05, 0.1) is 11.3 Å². The van der Waals surface area contributed by atoms with Gasteiger partial charge in [-0.1, -0.05) is 5.16 Å². The van der Waals surface area contributed by atoms with Crippen LogP contribution in [0.1, 0.15) is 5.82 Å². The molecule has 84 valence electrons. The topological polar surface area (TPSA) is 64.9 Å². The van der Waals surface area contributed by atoms with Crippen molar-refractivity contribution in [3.8, 4) is 11.5 Å². The summed E-state index contributed by atoms with van der Waals surface area (Å²) >= 11 is 5.08. The zero-order chi connectivity index (χ0) is 11.5. The molecule has 16 heavy (non-hydrogen) atoms. The average Bonchev–Trinajstić information content (AvgIpc) is 2.71. The number of hydrogen-bond donors (Lipinski definition) is 1. The van der Waals surface area contributed by atoms with E-state index in [2.05, 4.69) is 26.1 Å². The molecule has 0 atom stereocenters. The van der Waals surface area contributed by atoms with E-state index in [1.165, 1.54) is 0 Å². The van der Waals surface area contributed by atoms with Crippen LogP contribution in [0.15, 0.2) is 27.2 Å². The van der Waals surface area contributed by atoms with Gasteiger partial charge < -0.3 is 10.3 Å². The lowest BCUT2D eigenvalue weighted by Gasteiger charge is -1.99. The van der Waals surface area contributed by atoms with Crippen molar-refractivity contribution in [1.82, 2.24) is 10.1 Å². The summed E-state index contributed by atoms with van der Waals surface area (Å²) in [6, 6.07) is 5.48. The van der Waals surface area contributed by atoms with Gasteiger partial charge in [-0.15, -0.1) is 0 Å². The van der Waals surface area contributed by atoms with Crippen molar-refractivity contribution in [3.05, 3.63) is 28.5 Å². The summed E-state index contributed by atoms with van der Waals surface area (Å²) in [5.74, 6) is 1.92. The molecule has 2 rings (SSSR count). The van der Waals surface area contributed by atoms with Crippen molar-refractivity contribution in [1.29, 1.82) is 0 Å². The van der Waals surface area contributed by atoms with Crippen molar-refractivity contribution in [2.75, 3.05) is 12.0 Å².